The monoisotopic (exact) mass is 285 g/mol. The first kappa shape index (κ1) is 14.3. The van der Waals surface area contributed by atoms with Gasteiger partial charge in [-0.05, 0) is 25.3 Å². The molecule has 1 heterocycles. The van der Waals surface area contributed by atoms with Crippen molar-refractivity contribution in [1.82, 2.24) is 10.1 Å². The van der Waals surface area contributed by atoms with Crippen molar-refractivity contribution in [3.05, 3.63) is 47.1 Å². The maximum Gasteiger partial charge on any atom is 0.228 e. The third-order valence-electron chi connectivity index (χ3n) is 4.31. The smallest absolute Gasteiger partial charge is 0.228 e. The molecule has 1 aromatic heterocycles. The molecule has 3 rings (SSSR count). The van der Waals surface area contributed by atoms with Crippen molar-refractivity contribution in [1.29, 1.82) is 0 Å². The summed E-state index contributed by atoms with van der Waals surface area (Å²) in [4.78, 5) is 4.52. The van der Waals surface area contributed by atoms with Crippen LogP contribution in [0, 0.1) is 6.92 Å². The van der Waals surface area contributed by atoms with Crippen LogP contribution < -0.4 is 5.73 Å². The van der Waals surface area contributed by atoms with Gasteiger partial charge in [-0.25, -0.2) is 0 Å². The van der Waals surface area contributed by atoms with E-state index in [4.69, 9.17) is 10.3 Å². The molecule has 0 radical (unpaired) electrons. The third kappa shape index (κ3) is 3.70. The Morgan fingerprint density at radius 3 is 2.81 bits per heavy atom. The summed E-state index contributed by atoms with van der Waals surface area (Å²) in [5, 5.41) is 4.10. The molecule has 1 saturated carbocycles. The molecule has 2 N–H and O–H groups in total. The fourth-order valence-electron chi connectivity index (χ4n) is 3.17. The Balaban J connectivity index is 1.66. The topological polar surface area (TPSA) is 64.9 Å². The van der Waals surface area contributed by atoms with Crippen molar-refractivity contribution in [2.24, 2.45) is 5.73 Å². The maximum absolute atomic E-state index is 6.45. The second-order valence-electron chi connectivity index (χ2n) is 6.37. The summed E-state index contributed by atoms with van der Waals surface area (Å²) in [7, 11) is 0. The minimum Gasteiger partial charge on any atom is -0.339 e. The molecular weight excluding hydrogens is 262 g/mol. The Kier molecular flexibility index (Phi) is 4.06. The minimum atomic E-state index is -0.147. The van der Waals surface area contributed by atoms with E-state index < -0.39 is 0 Å². The summed E-state index contributed by atoms with van der Waals surface area (Å²) < 4.78 is 5.39. The summed E-state index contributed by atoms with van der Waals surface area (Å²) >= 11 is 0. The summed E-state index contributed by atoms with van der Waals surface area (Å²) in [6, 6.07) is 8.39. The Hall–Kier alpha value is -1.68. The van der Waals surface area contributed by atoms with E-state index in [0.717, 1.165) is 18.7 Å². The molecule has 1 fully saturated rings. The molecule has 2 aromatic rings. The molecule has 4 heteroatoms. The molecule has 1 aromatic carbocycles. The molecule has 0 bridgehead atoms. The van der Waals surface area contributed by atoms with Gasteiger partial charge >= 0.3 is 0 Å². The Morgan fingerprint density at radius 2 is 2.05 bits per heavy atom. The lowest BCUT2D eigenvalue weighted by Gasteiger charge is -2.31. The second kappa shape index (κ2) is 5.98. The van der Waals surface area contributed by atoms with Crippen molar-refractivity contribution in [3.8, 4) is 0 Å². The predicted octanol–water partition coefficient (Wildman–Crippen LogP) is 3.17. The lowest BCUT2D eigenvalue weighted by molar-refractivity contribution is 0.260. The molecular formula is C17H23N3O. The van der Waals surface area contributed by atoms with Gasteiger partial charge in [0.15, 0.2) is 5.82 Å². The van der Waals surface area contributed by atoms with E-state index in [2.05, 4.69) is 41.3 Å². The van der Waals surface area contributed by atoms with Gasteiger partial charge in [0.2, 0.25) is 5.89 Å². The molecule has 0 amide bonds. The van der Waals surface area contributed by atoms with Crippen LogP contribution in [0.1, 0.15) is 54.9 Å². The average molecular weight is 285 g/mol. The van der Waals surface area contributed by atoms with Crippen LogP contribution >= 0.6 is 0 Å². The van der Waals surface area contributed by atoms with E-state index in [1.165, 1.54) is 30.4 Å². The lowest BCUT2D eigenvalue weighted by atomic mass is 9.80. The highest BCUT2D eigenvalue weighted by molar-refractivity contribution is 5.24. The van der Waals surface area contributed by atoms with E-state index in [9.17, 15) is 0 Å². The molecule has 0 atom stereocenters. The molecule has 21 heavy (non-hydrogen) atoms. The number of rotatable bonds is 4. The van der Waals surface area contributed by atoms with Crippen molar-refractivity contribution >= 4 is 0 Å². The largest absolute Gasteiger partial charge is 0.339 e. The Morgan fingerprint density at radius 1 is 1.24 bits per heavy atom. The van der Waals surface area contributed by atoms with Crippen LogP contribution in [0.2, 0.25) is 0 Å². The number of benzene rings is 1. The number of nitrogens with two attached hydrogens (primary N) is 1. The summed E-state index contributed by atoms with van der Waals surface area (Å²) in [5.74, 6) is 1.43. The van der Waals surface area contributed by atoms with Gasteiger partial charge in [-0.3, -0.25) is 0 Å². The second-order valence-corrected chi connectivity index (χ2v) is 6.37. The van der Waals surface area contributed by atoms with E-state index in [1.807, 2.05) is 0 Å². The quantitative estimate of drug-likeness (QED) is 0.937. The van der Waals surface area contributed by atoms with Crippen molar-refractivity contribution in [2.75, 3.05) is 0 Å². The number of hydrogen-bond donors (Lipinski definition) is 1. The fourth-order valence-corrected chi connectivity index (χ4v) is 3.17. The lowest BCUT2D eigenvalue weighted by Crippen LogP contribution is -2.43. The summed E-state index contributed by atoms with van der Waals surface area (Å²) in [5.41, 5.74) is 8.76. The molecule has 1 aliphatic rings. The van der Waals surface area contributed by atoms with Crippen LogP contribution in [0.25, 0.3) is 0 Å². The van der Waals surface area contributed by atoms with Crippen molar-refractivity contribution in [3.63, 3.8) is 0 Å². The highest BCUT2D eigenvalue weighted by Crippen LogP contribution is 2.28. The molecule has 0 spiro atoms. The zero-order valence-electron chi connectivity index (χ0n) is 12.6. The van der Waals surface area contributed by atoms with Crippen LogP contribution in [-0.2, 0) is 12.8 Å². The molecule has 0 saturated heterocycles. The van der Waals surface area contributed by atoms with Gasteiger partial charge in [-0.15, -0.1) is 0 Å². The third-order valence-corrected chi connectivity index (χ3v) is 4.31. The van der Waals surface area contributed by atoms with Crippen LogP contribution in [0.15, 0.2) is 28.8 Å². The van der Waals surface area contributed by atoms with Crippen LogP contribution in [0.3, 0.4) is 0 Å². The van der Waals surface area contributed by atoms with Gasteiger partial charge in [-0.2, -0.15) is 4.98 Å². The molecule has 4 nitrogen and oxygen atoms in total. The standard InChI is InChI=1S/C17H23N3O/c1-13-6-5-7-14(10-13)11-15-19-16(21-20-15)12-17(18)8-3-2-4-9-17/h5-7,10H,2-4,8-9,11-12,18H2,1H3. The Labute approximate surface area is 125 Å². The average Bonchev–Trinajstić information content (AvgIpc) is 2.86. The first-order valence-electron chi connectivity index (χ1n) is 7.79. The number of aryl methyl sites for hydroxylation is 1. The van der Waals surface area contributed by atoms with Gasteiger partial charge in [0.25, 0.3) is 0 Å². The van der Waals surface area contributed by atoms with Crippen molar-refractivity contribution in [2.45, 2.75) is 57.4 Å². The first-order chi connectivity index (χ1) is 10.1. The van der Waals surface area contributed by atoms with Gasteiger partial charge in [-0.1, -0.05) is 54.2 Å². The SMILES string of the molecule is Cc1cccc(Cc2noc(CC3(N)CCCCC3)n2)c1. The van der Waals surface area contributed by atoms with E-state index >= 15 is 0 Å². The number of nitrogens with zero attached hydrogens (tertiary/aromatic N) is 2. The van der Waals surface area contributed by atoms with Crippen LogP contribution in [0.4, 0.5) is 0 Å². The number of hydrogen-bond acceptors (Lipinski definition) is 4. The van der Waals surface area contributed by atoms with Crippen LogP contribution in [-0.4, -0.2) is 15.7 Å². The van der Waals surface area contributed by atoms with Crippen LogP contribution in [0.5, 0.6) is 0 Å². The van der Waals surface area contributed by atoms with E-state index in [-0.39, 0.29) is 5.54 Å². The normalized spacial score (nSPS) is 17.8. The minimum absolute atomic E-state index is 0.147. The molecule has 112 valence electrons. The maximum atomic E-state index is 6.45. The van der Waals surface area contributed by atoms with E-state index in [0.29, 0.717) is 18.7 Å². The first-order valence-corrected chi connectivity index (χ1v) is 7.79. The number of aromatic nitrogens is 2. The van der Waals surface area contributed by atoms with E-state index in [1.54, 1.807) is 0 Å². The summed E-state index contributed by atoms with van der Waals surface area (Å²) in [6.45, 7) is 2.09. The zero-order chi connectivity index (χ0) is 14.7. The van der Waals surface area contributed by atoms with Gasteiger partial charge in [0.05, 0.1) is 0 Å². The Bertz CT molecular complexity index is 600. The summed E-state index contributed by atoms with van der Waals surface area (Å²) in [6.07, 6.45) is 7.24. The highest BCUT2D eigenvalue weighted by Gasteiger charge is 2.29. The zero-order valence-corrected chi connectivity index (χ0v) is 12.6. The van der Waals surface area contributed by atoms with Gasteiger partial charge in [0.1, 0.15) is 0 Å². The predicted molar refractivity (Wildman–Crippen MR) is 82.0 cm³/mol. The van der Waals surface area contributed by atoms with Crippen molar-refractivity contribution < 1.29 is 4.52 Å². The fraction of sp³-hybridized carbons (Fsp3) is 0.529. The highest BCUT2D eigenvalue weighted by atomic mass is 16.5. The van der Waals surface area contributed by atoms with Gasteiger partial charge in [0, 0.05) is 18.4 Å². The molecule has 1 aliphatic carbocycles. The molecule has 0 unspecified atom stereocenters. The molecule has 0 aliphatic heterocycles. The van der Waals surface area contributed by atoms with Gasteiger partial charge < -0.3 is 10.3 Å².